The molecule has 228 valence electrons. The van der Waals surface area contributed by atoms with E-state index in [-0.39, 0.29) is 0 Å². The lowest BCUT2D eigenvalue weighted by Crippen LogP contribution is -2.03. The third-order valence-electron chi connectivity index (χ3n) is 9.91. The van der Waals surface area contributed by atoms with Gasteiger partial charge in [0.05, 0.1) is 38.0 Å². The van der Waals surface area contributed by atoms with E-state index in [1.807, 2.05) is 11.3 Å². The molecule has 0 radical (unpaired) electrons. The van der Waals surface area contributed by atoms with E-state index < -0.39 is 0 Å². The highest BCUT2D eigenvalue weighted by molar-refractivity contribution is 7.26. The quantitative estimate of drug-likeness (QED) is 0.180. The van der Waals surface area contributed by atoms with Crippen LogP contribution in [0.15, 0.2) is 158 Å². The molecule has 0 saturated carbocycles. The Morgan fingerprint density at radius 2 is 1.12 bits per heavy atom. The highest BCUT2D eigenvalue weighted by Crippen LogP contribution is 2.45. The molecule has 5 heteroatoms. The van der Waals surface area contributed by atoms with E-state index in [0.29, 0.717) is 5.95 Å². The maximum Gasteiger partial charge on any atom is 0.235 e. The summed E-state index contributed by atoms with van der Waals surface area (Å²) >= 11 is 1.86. The fourth-order valence-corrected chi connectivity index (χ4v) is 9.00. The Balaban J connectivity index is 1.27. The molecule has 0 unspecified atom stereocenters. The first-order chi connectivity index (χ1) is 24.3. The zero-order valence-electron chi connectivity index (χ0n) is 26.2. The van der Waals surface area contributed by atoms with Crippen molar-refractivity contribution in [3.63, 3.8) is 0 Å². The van der Waals surface area contributed by atoms with Crippen LogP contribution in [0, 0.1) is 0 Å². The van der Waals surface area contributed by atoms with Crippen molar-refractivity contribution in [1.82, 2.24) is 19.1 Å². The highest BCUT2D eigenvalue weighted by Gasteiger charge is 2.22. The molecule has 0 N–H and O–H groups in total. The van der Waals surface area contributed by atoms with Crippen molar-refractivity contribution >= 4 is 86.0 Å². The molecule has 0 aliphatic carbocycles. The third kappa shape index (κ3) is 3.79. The number of aromatic nitrogens is 4. The third-order valence-corrected chi connectivity index (χ3v) is 11.1. The van der Waals surface area contributed by atoms with E-state index in [1.165, 1.54) is 53.1 Å². The zero-order valence-corrected chi connectivity index (χ0v) is 27.0. The fraction of sp³-hybridized carbons (Fsp3) is 0. The topological polar surface area (TPSA) is 35.6 Å². The van der Waals surface area contributed by atoms with E-state index in [0.717, 1.165) is 38.6 Å². The van der Waals surface area contributed by atoms with Crippen molar-refractivity contribution in [3.8, 4) is 22.9 Å². The predicted molar refractivity (Wildman–Crippen MR) is 207 cm³/mol. The zero-order chi connectivity index (χ0) is 32.1. The SMILES string of the molecule is c1ccc(-c2nc(-n3c4ccccc4c4cc5c(cc43)sc3c4ccccc4n(-c4ccccc4)c53)nc3c2ccc2ccccc23)cc1. The van der Waals surface area contributed by atoms with Crippen molar-refractivity contribution in [1.29, 1.82) is 0 Å². The Labute approximate surface area is 284 Å². The first-order valence-corrected chi connectivity index (χ1v) is 17.3. The van der Waals surface area contributed by atoms with E-state index in [1.54, 1.807) is 0 Å². The maximum atomic E-state index is 5.39. The summed E-state index contributed by atoms with van der Waals surface area (Å²) in [5.41, 5.74) is 8.81. The molecule has 4 aromatic heterocycles. The minimum absolute atomic E-state index is 0.675. The predicted octanol–water partition coefficient (Wildman–Crippen LogP) is 11.9. The summed E-state index contributed by atoms with van der Waals surface area (Å²) in [5.74, 6) is 0.675. The molecule has 7 aromatic carbocycles. The molecular weight excluding hydrogens is 617 g/mol. The second kappa shape index (κ2) is 10.1. The number of nitrogens with zero attached hydrogens (tertiary/aromatic N) is 4. The second-order valence-electron chi connectivity index (χ2n) is 12.6. The molecule has 4 nitrogen and oxygen atoms in total. The van der Waals surface area contributed by atoms with Crippen LogP contribution in [0.2, 0.25) is 0 Å². The Kier molecular flexibility index (Phi) is 5.51. The van der Waals surface area contributed by atoms with Gasteiger partial charge in [-0.3, -0.25) is 4.57 Å². The molecule has 0 aliphatic heterocycles. The van der Waals surface area contributed by atoms with Gasteiger partial charge in [0.1, 0.15) is 0 Å². The molecule has 0 spiro atoms. The first kappa shape index (κ1) is 26.7. The molecule has 0 saturated heterocycles. The van der Waals surface area contributed by atoms with Crippen LogP contribution in [0.25, 0.3) is 97.6 Å². The normalized spacial score (nSPS) is 12.1. The van der Waals surface area contributed by atoms with Gasteiger partial charge in [-0.2, -0.15) is 0 Å². The van der Waals surface area contributed by atoms with Crippen molar-refractivity contribution in [2.75, 3.05) is 0 Å². The Bertz CT molecular complexity index is 3100. The van der Waals surface area contributed by atoms with E-state index in [9.17, 15) is 0 Å². The monoisotopic (exact) mass is 642 g/mol. The molecule has 4 heterocycles. The van der Waals surface area contributed by atoms with Crippen molar-refractivity contribution in [2.45, 2.75) is 0 Å². The molecule has 0 fully saturated rings. The smallest absolute Gasteiger partial charge is 0.235 e. The number of hydrogen-bond acceptors (Lipinski definition) is 3. The van der Waals surface area contributed by atoms with Crippen molar-refractivity contribution < 1.29 is 0 Å². The molecule has 49 heavy (non-hydrogen) atoms. The van der Waals surface area contributed by atoms with Gasteiger partial charge in [-0.15, -0.1) is 11.3 Å². The van der Waals surface area contributed by atoms with Gasteiger partial charge in [0.2, 0.25) is 5.95 Å². The first-order valence-electron chi connectivity index (χ1n) is 16.5. The minimum Gasteiger partial charge on any atom is -0.308 e. The van der Waals surface area contributed by atoms with Gasteiger partial charge in [-0.1, -0.05) is 115 Å². The maximum absolute atomic E-state index is 5.39. The average molecular weight is 643 g/mol. The summed E-state index contributed by atoms with van der Waals surface area (Å²) in [4.78, 5) is 10.8. The molecule has 0 aliphatic rings. The molecule has 11 rings (SSSR count). The van der Waals surface area contributed by atoms with Gasteiger partial charge in [-0.25, -0.2) is 9.97 Å². The van der Waals surface area contributed by atoms with Crippen LogP contribution >= 0.6 is 11.3 Å². The number of rotatable bonds is 3. The lowest BCUT2D eigenvalue weighted by molar-refractivity contribution is 1.02. The number of para-hydroxylation sites is 3. The van der Waals surface area contributed by atoms with Crippen LogP contribution in [0.3, 0.4) is 0 Å². The molecule has 0 bridgehead atoms. The Hall–Kier alpha value is -6.30. The second-order valence-corrected chi connectivity index (χ2v) is 13.7. The molecule has 11 aromatic rings. The van der Waals surface area contributed by atoms with E-state index >= 15 is 0 Å². The Morgan fingerprint density at radius 3 is 1.94 bits per heavy atom. The van der Waals surface area contributed by atoms with Crippen LogP contribution in [0.4, 0.5) is 0 Å². The Morgan fingerprint density at radius 1 is 0.449 bits per heavy atom. The van der Waals surface area contributed by atoms with Crippen LogP contribution in [-0.4, -0.2) is 19.1 Å². The van der Waals surface area contributed by atoms with Crippen molar-refractivity contribution in [3.05, 3.63) is 158 Å². The highest BCUT2D eigenvalue weighted by atomic mass is 32.1. The van der Waals surface area contributed by atoms with E-state index in [4.69, 9.17) is 9.97 Å². The number of benzene rings is 7. The summed E-state index contributed by atoms with van der Waals surface area (Å²) in [7, 11) is 0. The van der Waals surface area contributed by atoms with Gasteiger partial charge in [0.15, 0.2) is 0 Å². The van der Waals surface area contributed by atoms with E-state index in [2.05, 4.69) is 167 Å². The summed E-state index contributed by atoms with van der Waals surface area (Å²) in [6.45, 7) is 0. The molecular formula is C44H26N4S. The van der Waals surface area contributed by atoms with Crippen molar-refractivity contribution in [2.24, 2.45) is 0 Å². The standard InChI is InChI=1S/C44H26N4S/c1-3-14-28(15-4-1)40-33-24-23-27-13-7-8-18-30(27)41(33)46-44(45-40)48-36-21-11-9-19-31(36)34-25-35-39(26-38(34)48)49-43-32-20-10-12-22-37(32)47(42(35)43)29-16-5-2-6-17-29/h1-26H. The average Bonchev–Trinajstić information content (AvgIpc) is 3.80. The summed E-state index contributed by atoms with van der Waals surface area (Å²) in [5, 5.41) is 8.24. The van der Waals surface area contributed by atoms with Gasteiger partial charge in [0, 0.05) is 48.3 Å². The van der Waals surface area contributed by atoms with Crippen LogP contribution < -0.4 is 0 Å². The summed E-state index contributed by atoms with van der Waals surface area (Å²) < 4.78 is 7.24. The molecule has 0 atom stereocenters. The number of fused-ring (bicyclic) bond motifs is 11. The van der Waals surface area contributed by atoms with Gasteiger partial charge >= 0.3 is 0 Å². The molecule has 0 amide bonds. The summed E-state index contributed by atoms with van der Waals surface area (Å²) in [6.07, 6.45) is 0. The fourth-order valence-electron chi connectivity index (χ4n) is 7.76. The largest absolute Gasteiger partial charge is 0.308 e. The van der Waals surface area contributed by atoms with Gasteiger partial charge in [-0.05, 0) is 47.9 Å². The van der Waals surface area contributed by atoms with Gasteiger partial charge < -0.3 is 4.57 Å². The van der Waals surface area contributed by atoms with Crippen LogP contribution in [0.1, 0.15) is 0 Å². The summed E-state index contributed by atoms with van der Waals surface area (Å²) in [6, 6.07) is 56.2. The minimum atomic E-state index is 0.675. The van der Waals surface area contributed by atoms with Crippen LogP contribution in [0.5, 0.6) is 0 Å². The van der Waals surface area contributed by atoms with Gasteiger partial charge in [0.25, 0.3) is 0 Å². The number of thiophene rings is 1. The lowest BCUT2D eigenvalue weighted by Gasteiger charge is -2.13. The van der Waals surface area contributed by atoms with Crippen LogP contribution in [-0.2, 0) is 0 Å². The number of hydrogen-bond donors (Lipinski definition) is 0. The lowest BCUT2D eigenvalue weighted by atomic mass is 10.0.